The van der Waals surface area contributed by atoms with Gasteiger partial charge in [0.25, 0.3) is 0 Å². The second kappa shape index (κ2) is 26.7. The highest BCUT2D eigenvalue weighted by Gasteiger charge is 2.54. The van der Waals surface area contributed by atoms with Gasteiger partial charge < -0.3 is 28.4 Å². The number of hydrogen-bond acceptors (Lipinski definition) is 10. The van der Waals surface area contributed by atoms with Gasteiger partial charge >= 0.3 is 23.9 Å². The summed E-state index contributed by atoms with van der Waals surface area (Å²) in [4.78, 5) is 51.9. The molecular formula is C45H76O10. The van der Waals surface area contributed by atoms with E-state index in [9.17, 15) is 19.2 Å². The van der Waals surface area contributed by atoms with Crippen LogP contribution < -0.4 is 0 Å². The van der Waals surface area contributed by atoms with Crippen LogP contribution in [0.2, 0.25) is 0 Å². The summed E-state index contributed by atoms with van der Waals surface area (Å²) < 4.78 is 33.9. The molecule has 2 heterocycles. The van der Waals surface area contributed by atoms with Gasteiger partial charge in [0, 0.05) is 0 Å². The SMILES string of the molecule is CCCCCCCCCCOC(=O)C1CC2OC2CC1C(=O)OCCCCCCCCCOC(=O)C1CC2OC2CC1C(=O)OCCCCCCCCCC. The molecule has 0 aromatic carbocycles. The predicted octanol–water partition coefficient (Wildman–Crippen LogP) is 9.76. The van der Waals surface area contributed by atoms with Crippen LogP contribution in [0, 0.1) is 23.7 Å². The Hall–Kier alpha value is -2.20. The van der Waals surface area contributed by atoms with Crippen LogP contribution in [0.1, 0.15) is 187 Å². The Labute approximate surface area is 332 Å². The molecule has 10 heteroatoms. The van der Waals surface area contributed by atoms with Crippen molar-refractivity contribution >= 4 is 23.9 Å². The van der Waals surface area contributed by atoms with Crippen molar-refractivity contribution in [3.63, 3.8) is 0 Å². The Kier molecular flexibility index (Phi) is 22.1. The lowest BCUT2D eigenvalue weighted by atomic mass is 9.79. The Morgan fingerprint density at radius 3 is 0.764 bits per heavy atom. The lowest BCUT2D eigenvalue weighted by Gasteiger charge is -2.26. The third-order valence-electron chi connectivity index (χ3n) is 12.3. The van der Waals surface area contributed by atoms with Crippen molar-refractivity contribution in [1.29, 1.82) is 0 Å². The highest BCUT2D eigenvalue weighted by molar-refractivity contribution is 5.83. The number of esters is 4. The molecule has 2 saturated carbocycles. The first-order chi connectivity index (χ1) is 26.9. The number of ether oxygens (including phenoxy) is 6. The van der Waals surface area contributed by atoms with Gasteiger partial charge in [-0.1, -0.05) is 136 Å². The zero-order valence-corrected chi connectivity index (χ0v) is 34.6. The summed E-state index contributed by atoms with van der Waals surface area (Å²) in [5.74, 6) is -3.05. The topological polar surface area (TPSA) is 130 Å². The molecule has 0 bridgehead atoms. The predicted molar refractivity (Wildman–Crippen MR) is 211 cm³/mol. The van der Waals surface area contributed by atoms with Crippen LogP contribution >= 0.6 is 0 Å². The number of rotatable bonds is 32. The van der Waals surface area contributed by atoms with Crippen molar-refractivity contribution in [2.24, 2.45) is 23.7 Å². The van der Waals surface area contributed by atoms with Gasteiger partial charge in [0.15, 0.2) is 0 Å². The zero-order valence-electron chi connectivity index (χ0n) is 34.6. The minimum atomic E-state index is -0.481. The fourth-order valence-corrected chi connectivity index (χ4v) is 8.57. The Bertz CT molecular complexity index is 1030. The minimum Gasteiger partial charge on any atom is -0.465 e. The monoisotopic (exact) mass is 777 g/mol. The molecule has 0 aromatic heterocycles. The van der Waals surface area contributed by atoms with Gasteiger partial charge in [0.1, 0.15) is 0 Å². The molecule has 2 aliphatic carbocycles. The standard InChI is InChI=1S/C45H76O10/c1-3-5-7-9-11-14-18-22-26-50-42(46)34-30-38-40(54-38)32-36(34)44(48)52-28-24-20-16-13-17-21-25-29-53-45(49)37-33-41-39(55-41)31-35(37)43(47)51-27-23-19-15-12-10-8-6-4-2/h34-41H,3-33H2,1-2H3. The van der Waals surface area contributed by atoms with E-state index in [1.807, 2.05) is 0 Å². The molecule has 4 fully saturated rings. The molecule has 2 saturated heterocycles. The van der Waals surface area contributed by atoms with E-state index >= 15 is 0 Å². The van der Waals surface area contributed by atoms with Gasteiger partial charge in [-0.3, -0.25) is 19.2 Å². The minimum absolute atomic E-state index is 0.0696. The number of carbonyl (C=O) groups excluding carboxylic acids is 4. The summed E-state index contributed by atoms with van der Waals surface area (Å²) in [7, 11) is 0. The van der Waals surface area contributed by atoms with Crippen molar-refractivity contribution in [2.75, 3.05) is 26.4 Å². The zero-order chi connectivity index (χ0) is 39.1. The smallest absolute Gasteiger partial charge is 0.309 e. The summed E-state index contributed by atoms with van der Waals surface area (Å²) in [5, 5.41) is 0. The Morgan fingerprint density at radius 2 is 0.545 bits per heavy atom. The van der Waals surface area contributed by atoms with Crippen molar-refractivity contribution < 1.29 is 47.6 Å². The Morgan fingerprint density at radius 1 is 0.345 bits per heavy atom. The van der Waals surface area contributed by atoms with E-state index in [0.29, 0.717) is 52.1 Å². The first kappa shape index (κ1) is 45.5. The molecule has 8 atom stereocenters. The molecule has 8 unspecified atom stereocenters. The lowest BCUT2D eigenvalue weighted by Crippen LogP contribution is -2.37. The van der Waals surface area contributed by atoms with Crippen LogP contribution in [0.25, 0.3) is 0 Å². The van der Waals surface area contributed by atoms with Crippen LogP contribution in [-0.2, 0) is 47.6 Å². The summed E-state index contributed by atoms with van der Waals surface area (Å²) in [6.45, 7) is 6.01. The molecule has 0 spiro atoms. The van der Waals surface area contributed by atoms with Crippen molar-refractivity contribution in [2.45, 2.75) is 212 Å². The number of epoxide rings is 2. The maximum absolute atomic E-state index is 13.0. The highest BCUT2D eigenvalue weighted by Crippen LogP contribution is 2.45. The van der Waals surface area contributed by atoms with Gasteiger partial charge in [0.05, 0.1) is 74.5 Å². The molecule has 2 aliphatic heterocycles. The fourth-order valence-electron chi connectivity index (χ4n) is 8.57. The summed E-state index contributed by atoms with van der Waals surface area (Å²) >= 11 is 0. The van der Waals surface area contributed by atoms with E-state index in [2.05, 4.69) is 13.8 Å². The molecule has 0 N–H and O–H groups in total. The van der Waals surface area contributed by atoms with E-state index in [-0.39, 0.29) is 48.3 Å². The molecule has 0 aromatic rings. The number of unbranched alkanes of at least 4 members (excludes halogenated alkanes) is 20. The van der Waals surface area contributed by atoms with Crippen LogP contribution in [0.4, 0.5) is 0 Å². The van der Waals surface area contributed by atoms with Gasteiger partial charge in [-0.05, 0) is 51.4 Å². The summed E-state index contributed by atoms with van der Waals surface area (Å²) in [5.41, 5.74) is 0. The first-order valence-electron chi connectivity index (χ1n) is 22.9. The van der Waals surface area contributed by atoms with Crippen LogP contribution in [-0.4, -0.2) is 74.7 Å². The van der Waals surface area contributed by atoms with Gasteiger partial charge in [0.2, 0.25) is 0 Å². The average molecular weight is 777 g/mol. The number of hydrogen-bond donors (Lipinski definition) is 0. The second-order valence-electron chi connectivity index (χ2n) is 16.9. The van der Waals surface area contributed by atoms with Crippen molar-refractivity contribution in [1.82, 2.24) is 0 Å². The summed E-state index contributed by atoms with van der Waals surface area (Å²) in [6.07, 6.45) is 28.1. The maximum Gasteiger partial charge on any atom is 0.309 e. The second-order valence-corrected chi connectivity index (χ2v) is 16.9. The number of carbonyl (C=O) groups is 4. The molecular weight excluding hydrogens is 700 g/mol. The molecule has 0 amide bonds. The third kappa shape index (κ3) is 17.5. The Balaban J connectivity index is 0.983. The fraction of sp³-hybridized carbons (Fsp3) is 0.911. The van der Waals surface area contributed by atoms with Crippen LogP contribution in [0.15, 0.2) is 0 Å². The van der Waals surface area contributed by atoms with E-state index in [1.54, 1.807) is 0 Å². The molecule has 55 heavy (non-hydrogen) atoms. The van der Waals surface area contributed by atoms with Crippen molar-refractivity contribution in [3.05, 3.63) is 0 Å². The van der Waals surface area contributed by atoms with Crippen LogP contribution in [0.3, 0.4) is 0 Å². The molecule has 4 rings (SSSR count). The largest absolute Gasteiger partial charge is 0.465 e. The first-order valence-corrected chi connectivity index (χ1v) is 22.9. The lowest BCUT2D eigenvalue weighted by molar-refractivity contribution is -0.162. The quantitative estimate of drug-likeness (QED) is 0.0282. The summed E-state index contributed by atoms with van der Waals surface area (Å²) in [6, 6.07) is 0. The molecule has 0 radical (unpaired) electrons. The molecule has 316 valence electrons. The van der Waals surface area contributed by atoms with Gasteiger partial charge in [-0.25, -0.2) is 0 Å². The van der Waals surface area contributed by atoms with Gasteiger partial charge in [-0.15, -0.1) is 0 Å². The molecule has 10 nitrogen and oxygen atoms in total. The van der Waals surface area contributed by atoms with Crippen LogP contribution in [0.5, 0.6) is 0 Å². The van der Waals surface area contributed by atoms with E-state index in [0.717, 1.165) is 70.6 Å². The third-order valence-corrected chi connectivity index (χ3v) is 12.3. The van der Waals surface area contributed by atoms with E-state index in [1.165, 1.54) is 77.0 Å². The maximum atomic E-state index is 13.0. The number of fused-ring (bicyclic) bond motifs is 2. The van der Waals surface area contributed by atoms with Crippen molar-refractivity contribution in [3.8, 4) is 0 Å². The highest BCUT2D eigenvalue weighted by atomic mass is 16.6. The van der Waals surface area contributed by atoms with Gasteiger partial charge in [-0.2, -0.15) is 0 Å². The average Bonchev–Trinajstić information content (AvgIpc) is 4.12. The van der Waals surface area contributed by atoms with E-state index in [4.69, 9.17) is 28.4 Å². The molecule has 4 aliphatic rings. The van der Waals surface area contributed by atoms with E-state index < -0.39 is 23.7 Å². The normalized spacial score (nSPS) is 26.4.